The first-order valence-corrected chi connectivity index (χ1v) is 13.5. The first-order chi connectivity index (χ1) is 19.0. The Kier molecular flexibility index (Phi) is 6.38. The molecule has 0 heterocycles. The van der Waals surface area contributed by atoms with Gasteiger partial charge in [0.2, 0.25) is 0 Å². The van der Waals surface area contributed by atoms with E-state index in [1.54, 1.807) is 0 Å². The van der Waals surface area contributed by atoms with Crippen LogP contribution in [0, 0.1) is 20.8 Å². The predicted octanol–water partition coefficient (Wildman–Crippen LogP) is 9.04. The quantitative estimate of drug-likeness (QED) is 0.253. The highest BCUT2D eigenvalue weighted by Crippen LogP contribution is 2.61. The minimum absolute atomic E-state index is 0.919. The third-order valence-electron chi connectivity index (χ3n) is 7.76. The van der Waals surface area contributed by atoms with Crippen LogP contribution in [0.25, 0.3) is 22.3 Å². The summed E-state index contributed by atoms with van der Waals surface area (Å²) in [6.07, 6.45) is 0. The molecule has 39 heavy (non-hydrogen) atoms. The van der Waals surface area contributed by atoms with Gasteiger partial charge in [-0.05, 0) is 70.9 Å². The van der Waals surface area contributed by atoms with Gasteiger partial charge in [-0.15, -0.1) is 0 Å². The Morgan fingerprint density at radius 2 is 0.744 bits per heavy atom. The van der Waals surface area contributed by atoms with Crippen molar-refractivity contribution in [1.29, 1.82) is 0 Å². The van der Waals surface area contributed by atoms with Gasteiger partial charge in [0.1, 0.15) is 5.60 Å². The van der Waals surface area contributed by atoms with Crippen molar-refractivity contribution in [2.24, 2.45) is 0 Å². The highest BCUT2D eigenvalue weighted by Gasteiger charge is 2.49. The Morgan fingerprint density at radius 3 is 1.08 bits per heavy atom. The average molecular weight is 505 g/mol. The molecule has 0 aromatic heterocycles. The molecule has 0 bridgehead atoms. The van der Waals surface area contributed by atoms with Crippen LogP contribution in [-0.4, -0.2) is 5.11 Å². The largest absolute Gasteiger partial charge is 0.376 e. The Balaban J connectivity index is 1.86. The number of hydrogen-bond acceptors (Lipinski definition) is 1. The number of hydrogen-bond donors (Lipinski definition) is 1. The summed E-state index contributed by atoms with van der Waals surface area (Å²) in [5.41, 5.74) is 11.1. The van der Waals surface area contributed by atoms with Crippen LogP contribution in [-0.2, 0) is 5.60 Å². The molecule has 0 spiro atoms. The van der Waals surface area contributed by atoms with Gasteiger partial charge < -0.3 is 5.11 Å². The molecule has 0 radical (unpaired) electrons. The predicted molar refractivity (Wildman–Crippen MR) is 164 cm³/mol. The summed E-state index contributed by atoms with van der Waals surface area (Å²) in [6.45, 7) is 6.37. The standard InChI is InChI=1S/C38H32O/c1-26-24-27(2)35(28(3)25-26)38(39)36(31-20-12-6-13-21-31)33(29-16-8-4-9-17-29)34(30-18-10-5-11-19-30)37(38)32-22-14-7-15-23-32/h4-25,39H,1-3H3. The number of benzene rings is 5. The summed E-state index contributed by atoms with van der Waals surface area (Å²) in [5.74, 6) is 0. The van der Waals surface area contributed by atoms with Crippen molar-refractivity contribution >= 4 is 22.3 Å². The van der Waals surface area contributed by atoms with E-state index in [0.717, 1.165) is 61.2 Å². The van der Waals surface area contributed by atoms with E-state index in [2.05, 4.69) is 130 Å². The molecule has 1 N–H and O–H groups in total. The summed E-state index contributed by atoms with van der Waals surface area (Å²) in [5, 5.41) is 13.6. The van der Waals surface area contributed by atoms with Crippen molar-refractivity contribution in [3.63, 3.8) is 0 Å². The number of allylic oxidation sites excluding steroid dienone is 2. The Morgan fingerprint density at radius 1 is 0.436 bits per heavy atom. The van der Waals surface area contributed by atoms with Crippen LogP contribution >= 0.6 is 0 Å². The van der Waals surface area contributed by atoms with Crippen LogP contribution in [0.3, 0.4) is 0 Å². The zero-order valence-electron chi connectivity index (χ0n) is 22.6. The molecule has 0 atom stereocenters. The Bertz CT molecular complexity index is 1570. The molecule has 0 amide bonds. The summed E-state index contributed by atoms with van der Waals surface area (Å²) < 4.78 is 0. The van der Waals surface area contributed by atoms with E-state index in [-0.39, 0.29) is 0 Å². The fraction of sp³-hybridized carbons (Fsp3) is 0.105. The third kappa shape index (κ3) is 4.16. The lowest BCUT2D eigenvalue weighted by atomic mass is 9.73. The van der Waals surface area contributed by atoms with Gasteiger partial charge in [-0.25, -0.2) is 0 Å². The van der Waals surface area contributed by atoms with Crippen LogP contribution in [0.5, 0.6) is 0 Å². The number of rotatable bonds is 5. The van der Waals surface area contributed by atoms with E-state index in [1.807, 2.05) is 24.3 Å². The topological polar surface area (TPSA) is 20.2 Å². The second-order valence-corrected chi connectivity index (χ2v) is 10.4. The Hall–Kier alpha value is -4.46. The maximum Gasteiger partial charge on any atom is 0.143 e. The van der Waals surface area contributed by atoms with Crippen molar-refractivity contribution in [1.82, 2.24) is 0 Å². The smallest absolute Gasteiger partial charge is 0.143 e. The van der Waals surface area contributed by atoms with Crippen LogP contribution in [0.4, 0.5) is 0 Å². The molecule has 1 heteroatoms. The number of aliphatic hydroxyl groups is 1. The molecule has 0 aliphatic heterocycles. The normalized spacial score (nSPS) is 14.7. The van der Waals surface area contributed by atoms with Gasteiger partial charge >= 0.3 is 0 Å². The molecule has 5 aromatic rings. The molecule has 0 unspecified atom stereocenters. The summed E-state index contributed by atoms with van der Waals surface area (Å²) in [6, 6.07) is 46.2. The number of aryl methyl sites for hydroxylation is 3. The van der Waals surface area contributed by atoms with Gasteiger partial charge in [-0.1, -0.05) is 139 Å². The zero-order valence-corrected chi connectivity index (χ0v) is 22.6. The van der Waals surface area contributed by atoms with Gasteiger partial charge in [0.25, 0.3) is 0 Å². The third-order valence-corrected chi connectivity index (χ3v) is 7.76. The van der Waals surface area contributed by atoms with Crippen molar-refractivity contribution in [3.05, 3.63) is 178 Å². The zero-order chi connectivity index (χ0) is 27.0. The van der Waals surface area contributed by atoms with E-state index in [1.165, 1.54) is 5.56 Å². The molecule has 5 aromatic carbocycles. The van der Waals surface area contributed by atoms with Crippen molar-refractivity contribution < 1.29 is 5.11 Å². The Labute approximate surface area is 231 Å². The van der Waals surface area contributed by atoms with E-state index >= 15 is 0 Å². The summed E-state index contributed by atoms with van der Waals surface area (Å²) in [7, 11) is 0. The molecule has 1 aliphatic carbocycles. The lowest BCUT2D eigenvalue weighted by molar-refractivity contribution is 0.166. The maximum absolute atomic E-state index is 13.6. The van der Waals surface area contributed by atoms with Gasteiger partial charge in [0.15, 0.2) is 0 Å². The van der Waals surface area contributed by atoms with Crippen molar-refractivity contribution in [2.75, 3.05) is 0 Å². The second kappa shape index (κ2) is 10.0. The summed E-state index contributed by atoms with van der Waals surface area (Å²) >= 11 is 0. The SMILES string of the molecule is Cc1cc(C)c(C2(O)C(c3ccccc3)=C(c3ccccc3)C(c3ccccc3)=C2c2ccccc2)c(C)c1. The molecular formula is C38H32O. The van der Waals surface area contributed by atoms with E-state index in [9.17, 15) is 5.11 Å². The first-order valence-electron chi connectivity index (χ1n) is 13.5. The maximum atomic E-state index is 13.6. The van der Waals surface area contributed by atoms with E-state index in [4.69, 9.17) is 0 Å². The highest BCUT2D eigenvalue weighted by atomic mass is 16.3. The minimum Gasteiger partial charge on any atom is -0.376 e. The minimum atomic E-state index is -1.39. The lowest BCUT2D eigenvalue weighted by Gasteiger charge is -2.35. The molecule has 0 saturated heterocycles. The van der Waals surface area contributed by atoms with Gasteiger partial charge in [-0.2, -0.15) is 0 Å². The molecule has 190 valence electrons. The van der Waals surface area contributed by atoms with Gasteiger partial charge in [0.05, 0.1) is 0 Å². The second-order valence-electron chi connectivity index (χ2n) is 10.4. The summed E-state index contributed by atoms with van der Waals surface area (Å²) in [4.78, 5) is 0. The molecule has 6 rings (SSSR count). The average Bonchev–Trinajstić information content (AvgIpc) is 3.23. The van der Waals surface area contributed by atoms with Gasteiger partial charge in [-0.3, -0.25) is 0 Å². The molecule has 1 nitrogen and oxygen atoms in total. The van der Waals surface area contributed by atoms with E-state index < -0.39 is 5.60 Å². The molecule has 0 fully saturated rings. The molecule has 0 saturated carbocycles. The van der Waals surface area contributed by atoms with Gasteiger partial charge in [0, 0.05) is 11.1 Å². The van der Waals surface area contributed by atoms with Crippen LogP contribution < -0.4 is 0 Å². The van der Waals surface area contributed by atoms with Crippen molar-refractivity contribution in [3.8, 4) is 0 Å². The van der Waals surface area contributed by atoms with Crippen LogP contribution in [0.15, 0.2) is 133 Å². The van der Waals surface area contributed by atoms with E-state index in [0.29, 0.717) is 0 Å². The van der Waals surface area contributed by atoms with Crippen molar-refractivity contribution in [2.45, 2.75) is 26.4 Å². The lowest BCUT2D eigenvalue weighted by Crippen LogP contribution is -2.30. The monoisotopic (exact) mass is 504 g/mol. The fourth-order valence-electron chi connectivity index (χ4n) is 6.44. The van der Waals surface area contributed by atoms with Crippen LogP contribution in [0.1, 0.15) is 44.5 Å². The first kappa shape index (κ1) is 24.9. The van der Waals surface area contributed by atoms with Crippen LogP contribution in [0.2, 0.25) is 0 Å². The molecular weight excluding hydrogens is 472 g/mol. The highest BCUT2D eigenvalue weighted by molar-refractivity contribution is 6.31. The molecule has 1 aliphatic rings. The fourth-order valence-corrected chi connectivity index (χ4v) is 6.44.